The van der Waals surface area contributed by atoms with E-state index in [2.05, 4.69) is 4.74 Å². The Hall–Kier alpha value is -1.86. The maximum atomic E-state index is 13.1. The minimum absolute atomic E-state index is 0.262. The zero-order chi connectivity index (χ0) is 13.2. The third kappa shape index (κ3) is 2.83. The second-order valence-electron chi connectivity index (χ2n) is 2.90. The Balaban J connectivity index is 3.10. The molecule has 0 spiro atoms. The molecule has 0 aliphatic carbocycles. The van der Waals surface area contributed by atoms with Crippen LogP contribution >= 0.6 is 0 Å². The summed E-state index contributed by atoms with van der Waals surface area (Å²) in [5.41, 5.74) is -1.42. The van der Waals surface area contributed by atoms with E-state index in [0.29, 0.717) is 12.1 Å². The van der Waals surface area contributed by atoms with Crippen LogP contribution < -0.4 is 4.74 Å². The third-order valence-corrected chi connectivity index (χ3v) is 1.77. The van der Waals surface area contributed by atoms with E-state index in [0.717, 1.165) is 0 Å². The Kier molecular flexibility index (Phi) is 3.54. The van der Waals surface area contributed by atoms with Crippen molar-refractivity contribution in [1.82, 2.24) is 0 Å². The van der Waals surface area contributed by atoms with Crippen molar-refractivity contribution in [3.63, 3.8) is 0 Å². The molecule has 0 fully saturated rings. The Labute approximate surface area is 91.4 Å². The van der Waals surface area contributed by atoms with Crippen LogP contribution in [0.1, 0.15) is 5.56 Å². The fourth-order valence-electron chi connectivity index (χ4n) is 1.04. The van der Waals surface area contributed by atoms with Crippen molar-refractivity contribution >= 4 is 5.97 Å². The molecule has 0 radical (unpaired) electrons. The molecule has 1 aromatic carbocycles. The first-order chi connectivity index (χ1) is 7.75. The van der Waals surface area contributed by atoms with Crippen molar-refractivity contribution in [2.75, 3.05) is 0 Å². The van der Waals surface area contributed by atoms with Crippen LogP contribution in [0.4, 0.5) is 22.0 Å². The van der Waals surface area contributed by atoms with E-state index in [9.17, 15) is 26.7 Å². The molecule has 0 aromatic heterocycles. The van der Waals surface area contributed by atoms with E-state index in [-0.39, 0.29) is 6.07 Å². The molecule has 0 aliphatic heterocycles. The molecular weight excluding hydrogens is 251 g/mol. The van der Waals surface area contributed by atoms with Crippen molar-refractivity contribution in [1.29, 1.82) is 0 Å². The van der Waals surface area contributed by atoms with Crippen LogP contribution in [0, 0.1) is 5.82 Å². The maximum absolute atomic E-state index is 13.1. The van der Waals surface area contributed by atoms with Crippen molar-refractivity contribution in [2.45, 2.75) is 12.5 Å². The molecular formula is C9H5F5O3. The van der Waals surface area contributed by atoms with Gasteiger partial charge in [-0.2, -0.15) is 17.6 Å². The lowest BCUT2D eigenvalue weighted by Crippen LogP contribution is -2.26. The van der Waals surface area contributed by atoms with Crippen molar-refractivity contribution < 1.29 is 36.6 Å². The summed E-state index contributed by atoms with van der Waals surface area (Å²) in [5.74, 6) is -9.30. The quantitative estimate of drug-likeness (QED) is 0.842. The highest BCUT2D eigenvalue weighted by Crippen LogP contribution is 2.32. The van der Waals surface area contributed by atoms with Crippen LogP contribution in [-0.2, 0) is 10.7 Å². The van der Waals surface area contributed by atoms with Gasteiger partial charge in [0.15, 0.2) is 0 Å². The SMILES string of the molecule is O=C(O)C(F)(F)c1ccc(OC(F)F)cc1F. The van der Waals surface area contributed by atoms with E-state index in [4.69, 9.17) is 5.11 Å². The van der Waals surface area contributed by atoms with Crippen LogP contribution in [0.15, 0.2) is 18.2 Å². The van der Waals surface area contributed by atoms with E-state index in [1.54, 1.807) is 0 Å². The minimum atomic E-state index is -4.44. The number of carboxylic acids is 1. The van der Waals surface area contributed by atoms with Crippen LogP contribution in [0.2, 0.25) is 0 Å². The zero-order valence-electron chi connectivity index (χ0n) is 7.96. The number of aliphatic carboxylic acids is 1. The fourth-order valence-corrected chi connectivity index (χ4v) is 1.04. The average molecular weight is 256 g/mol. The molecule has 1 aromatic rings. The predicted molar refractivity (Wildman–Crippen MR) is 44.6 cm³/mol. The van der Waals surface area contributed by atoms with Gasteiger partial charge >= 0.3 is 18.5 Å². The number of carboxylic acid groups (broad SMARTS) is 1. The van der Waals surface area contributed by atoms with Gasteiger partial charge in [-0.25, -0.2) is 9.18 Å². The molecule has 0 atom stereocenters. The van der Waals surface area contributed by atoms with Crippen molar-refractivity contribution in [3.8, 4) is 5.75 Å². The molecule has 1 rings (SSSR count). The first-order valence-electron chi connectivity index (χ1n) is 4.11. The number of ether oxygens (including phenoxy) is 1. The molecule has 0 unspecified atom stereocenters. The van der Waals surface area contributed by atoms with Gasteiger partial charge in [-0.1, -0.05) is 0 Å². The van der Waals surface area contributed by atoms with Crippen molar-refractivity contribution in [3.05, 3.63) is 29.6 Å². The number of hydrogen-bond acceptors (Lipinski definition) is 2. The molecule has 0 saturated carbocycles. The number of halogens is 5. The lowest BCUT2D eigenvalue weighted by Gasteiger charge is -2.13. The standard InChI is InChI=1S/C9H5F5O3/c10-6-3-4(17-8(11)12)1-2-5(6)9(13,14)7(15)16/h1-3,8H,(H,15,16). The number of hydrogen-bond donors (Lipinski definition) is 1. The molecule has 8 heteroatoms. The van der Waals surface area contributed by atoms with Gasteiger partial charge in [0.1, 0.15) is 11.6 Å². The van der Waals surface area contributed by atoms with Gasteiger partial charge in [0.05, 0.1) is 5.56 Å². The summed E-state index contributed by atoms with van der Waals surface area (Å²) in [5, 5.41) is 8.17. The van der Waals surface area contributed by atoms with Gasteiger partial charge < -0.3 is 9.84 Å². The monoisotopic (exact) mass is 256 g/mol. The molecule has 0 aliphatic rings. The zero-order valence-corrected chi connectivity index (χ0v) is 7.96. The van der Waals surface area contributed by atoms with Gasteiger partial charge in [-0.3, -0.25) is 0 Å². The maximum Gasteiger partial charge on any atom is 0.387 e. The highest BCUT2D eigenvalue weighted by molar-refractivity contribution is 5.77. The van der Waals surface area contributed by atoms with Gasteiger partial charge in [-0.05, 0) is 12.1 Å². The highest BCUT2D eigenvalue weighted by Gasteiger charge is 2.43. The summed E-state index contributed by atoms with van der Waals surface area (Å²) in [6.45, 7) is -3.24. The van der Waals surface area contributed by atoms with Crippen LogP contribution in [0.3, 0.4) is 0 Å². The second-order valence-corrected chi connectivity index (χ2v) is 2.90. The largest absolute Gasteiger partial charge is 0.477 e. The normalized spacial score (nSPS) is 11.6. The summed E-state index contributed by atoms with van der Waals surface area (Å²) < 4.78 is 66.1. The molecule has 0 bridgehead atoms. The molecule has 0 saturated heterocycles. The number of alkyl halides is 4. The number of carbonyl (C=O) groups is 1. The number of rotatable bonds is 4. The van der Waals surface area contributed by atoms with Gasteiger partial charge in [0.2, 0.25) is 0 Å². The van der Waals surface area contributed by atoms with Gasteiger partial charge in [0, 0.05) is 6.07 Å². The fraction of sp³-hybridized carbons (Fsp3) is 0.222. The lowest BCUT2D eigenvalue weighted by molar-refractivity contribution is -0.166. The summed E-state index contributed by atoms with van der Waals surface area (Å²) in [7, 11) is 0. The van der Waals surface area contributed by atoms with Gasteiger partial charge in [-0.15, -0.1) is 0 Å². The van der Waals surface area contributed by atoms with E-state index < -0.39 is 35.6 Å². The van der Waals surface area contributed by atoms with Gasteiger partial charge in [0.25, 0.3) is 0 Å². The lowest BCUT2D eigenvalue weighted by atomic mass is 10.1. The predicted octanol–water partition coefficient (Wildman–Crippen LogP) is 2.60. The first kappa shape index (κ1) is 13.2. The smallest absolute Gasteiger partial charge is 0.387 e. The van der Waals surface area contributed by atoms with E-state index >= 15 is 0 Å². The highest BCUT2D eigenvalue weighted by atomic mass is 19.3. The molecule has 0 heterocycles. The Morgan fingerprint density at radius 2 is 1.94 bits per heavy atom. The molecule has 0 amide bonds. The number of benzene rings is 1. The average Bonchev–Trinajstić information content (AvgIpc) is 2.15. The summed E-state index contributed by atoms with van der Waals surface area (Å²) in [6.07, 6.45) is 0. The van der Waals surface area contributed by atoms with E-state index in [1.165, 1.54) is 0 Å². The molecule has 94 valence electrons. The molecule has 17 heavy (non-hydrogen) atoms. The Bertz CT molecular complexity index is 433. The van der Waals surface area contributed by atoms with E-state index in [1.807, 2.05) is 0 Å². The minimum Gasteiger partial charge on any atom is -0.477 e. The Morgan fingerprint density at radius 1 is 1.35 bits per heavy atom. The summed E-state index contributed by atoms with van der Waals surface area (Å²) in [6, 6.07) is 1.26. The first-order valence-corrected chi connectivity index (χ1v) is 4.11. The third-order valence-electron chi connectivity index (χ3n) is 1.77. The van der Waals surface area contributed by atoms with Crippen LogP contribution in [0.5, 0.6) is 5.75 Å². The topological polar surface area (TPSA) is 46.5 Å². The molecule has 3 nitrogen and oxygen atoms in total. The molecule has 1 N–H and O–H groups in total. The summed E-state index contributed by atoms with van der Waals surface area (Å²) in [4.78, 5) is 10.2. The Morgan fingerprint density at radius 3 is 2.35 bits per heavy atom. The van der Waals surface area contributed by atoms with Crippen LogP contribution in [0.25, 0.3) is 0 Å². The van der Waals surface area contributed by atoms with Crippen molar-refractivity contribution in [2.24, 2.45) is 0 Å². The second kappa shape index (κ2) is 4.56. The summed E-state index contributed by atoms with van der Waals surface area (Å²) >= 11 is 0. The van der Waals surface area contributed by atoms with Crippen LogP contribution in [-0.4, -0.2) is 17.7 Å².